The van der Waals surface area contributed by atoms with Crippen LogP contribution in [0.25, 0.3) is 0 Å². The Morgan fingerprint density at radius 3 is 2.80 bits per heavy atom. The Bertz CT molecular complexity index is 656. The molecule has 0 bridgehead atoms. The first-order valence-corrected chi connectivity index (χ1v) is 10.7. The van der Waals surface area contributed by atoms with Crippen LogP contribution in [0, 0.1) is 0 Å². The van der Waals surface area contributed by atoms with Crippen LogP contribution in [0.1, 0.15) is 31.7 Å². The standard InChI is InChI=1S/C22H37N5O2.HI/c1-4-23-22(25-14-17-26(2)15-8-18-29-3)24-13-7-11-21(28)27-16-12-19-9-5-6-10-20(19)27;/h5-6,9-10H,4,7-8,11-18H2,1-3H3,(H2,23,24,25);1H. The fraction of sp³-hybridized carbons (Fsp3) is 0.636. The molecule has 170 valence electrons. The molecule has 0 saturated carbocycles. The van der Waals surface area contributed by atoms with Gasteiger partial charge in [0.05, 0.1) is 0 Å². The first-order chi connectivity index (χ1) is 14.2. The number of nitrogens with zero attached hydrogens (tertiary/aromatic N) is 3. The number of halogens is 1. The predicted molar refractivity (Wildman–Crippen MR) is 135 cm³/mol. The molecule has 1 aromatic carbocycles. The highest BCUT2D eigenvalue weighted by atomic mass is 127. The van der Waals surface area contributed by atoms with Gasteiger partial charge in [-0.3, -0.25) is 9.79 Å². The number of carbonyl (C=O) groups is 1. The number of benzene rings is 1. The van der Waals surface area contributed by atoms with E-state index in [1.807, 2.05) is 23.1 Å². The smallest absolute Gasteiger partial charge is 0.227 e. The van der Waals surface area contributed by atoms with Gasteiger partial charge in [-0.25, -0.2) is 0 Å². The van der Waals surface area contributed by atoms with Gasteiger partial charge in [0.15, 0.2) is 5.96 Å². The van der Waals surface area contributed by atoms with Gasteiger partial charge in [0.25, 0.3) is 0 Å². The molecule has 0 atom stereocenters. The fourth-order valence-electron chi connectivity index (χ4n) is 3.45. The number of amides is 1. The number of fused-ring (bicyclic) bond motifs is 1. The van der Waals surface area contributed by atoms with Gasteiger partial charge in [0.2, 0.25) is 5.91 Å². The zero-order valence-electron chi connectivity index (χ0n) is 18.7. The number of aliphatic imine (C=N–C) groups is 1. The van der Waals surface area contributed by atoms with E-state index in [9.17, 15) is 4.79 Å². The van der Waals surface area contributed by atoms with Gasteiger partial charge in [0, 0.05) is 65.1 Å². The summed E-state index contributed by atoms with van der Waals surface area (Å²) in [7, 11) is 3.85. The van der Waals surface area contributed by atoms with Gasteiger partial charge in [-0.05, 0) is 44.9 Å². The number of anilines is 1. The van der Waals surface area contributed by atoms with Gasteiger partial charge in [-0.2, -0.15) is 0 Å². The fourth-order valence-corrected chi connectivity index (χ4v) is 3.45. The maximum absolute atomic E-state index is 12.6. The van der Waals surface area contributed by atoms with Crippen LogP contribution in [0.2, 0.25) is 0 Å². The zero-order chi connectivity index (χ0) is 20.9. The Kier molecular flexibility index (Phi) is 13.7. The van der Waals surface area contributed by atoms with Crippen molar-refractivity contribution < 1.29 is 9.53 Å². The van der Waals surface area contributed by atoms with Crippen molar-refractivity contribution >= 4 is 41.5 Å². The van der Waals surface area contributed by atoms with Gasteiger partial charge >= 0.3 is 0 Å². The van der Waals surface area contributed by atoms with E-state index < -0.39 is 0 Å². The lowest BCUT2D eigenvalue weighted by Crippen LogP contribution is -2.41. The molecule has 1 aliphatic rings. The SMILES string of the molecule is CCNC(=NCCCC(=O)N1CCc2ccccc21)NCCN(C)CCCOC.I. The van der Waals surface area contributed by atoms with E-state index in [0.717, 1.165) is 70.2 Å². The van der Waals surface area contributed by atoms with Crippen LogP contribution in [-0.2, 0) is 16.0 Å². The summed E-state index contributed by atoms with van der Waals surface area (Å²) in [5.74, 6) is 1.01. The molecule has 30 heavy (non-hydrogen) atoms. The van der Waals surface area contributed by atoms with E-state index in [-0.39, 0.29) is 29.9 Å². The van der Waals surface area contributed by atoms with Crippen molar-refractivity contribution in [2.24, 2.45) is 4.99 Å². The monoisotopic (exact) mass is 531 g/mol. The third kappa shape index (κ3) is 9.18. The molecule has 0 saturated heterocycles. The lowest BCUT2D eigenvalue weighted by molar-refractivity contribution is -0.118. The van der Waals surface area contributed by atoms with Gasteiger partial charge < -0.3 is 25.2 Å². The van der Waals surface area contributed by atoms with Crippen molar-refractivity contribution in [2.75, 3.05) is 64.9 Å². The topological polar surface area (TPSA) is 69.2 Å². The highest BCUT2D eigenvalue weighted by Crippen LogP contribution is 2.27. The second-order valence-electron chi connectivity index (χ2n) is 7.36. The molecule has 1 aliphatic heterocycles. The molecule has 7 nitrogen and oxygen atoms in total. The van der Waals surface area contributed by atoms with E-state index in [2.05, 4.69) is 40.6 Å². The molecule has 1 amide bonds. The Balaban J connectivity index is 0.00000450. The lowest BCUT2D eigenvalue weighted by atomic mass is 10.2. The molecular weight excluding hydrogens is 493 g/mol. The summed E-state index contributed by atoms with van der Waals surface area (Å²) in [4.78, 5) is 21.4. The molecule has 8 heteroatoms. The second-order valence-corrected chi connectivity index (χ2v) is 7.36. The summed E-state index contributed by atoms with van der Waals surface area (Å²) < 4.78 is 5.09. The molecule has 0 radical (unpaired) electrons. The van der Waals surface area contributed by atoms with Crippen molar-refractivity contribution in [3.63, 3.8) is 0 Å². The Labute approximate surface area is 198 Å². The highest BCUT2D eigenvalue weighted by molar-refractivity contribution is 14.0. The Hall–Kier alpha value is -1.39. The third-order valence-electron chi connectivity index (χ3n) is 5.03. The van der Waals surface area contributed by atoms with Gasteiger partial charge in [-0.15, -0.1) is 24.0 Å². The minimum absolute atomic E-state index is 0. The van der Waals surface area contributed by atoms with Gasteiger partial charge in [0.1, 0.15) is 0 Å². The van der Waals surface area contributed by atoms with Gasteiger partial charge in [-0.1, -0.05) is 18.2 Å². The summed E-state index contributed by atoms with van der Waals surface area (Å²) in [6.45, 7) is 7.90. The summed E-state index contributed by atoms with van der Waals surface area (Å²) in [5, 5.41) is 6.64. The molecule has 2 N–H and O–H groups in total. The zero-order valence-corrected chi connectivity index (χ0v) is 21.0. The van der Waals surface area contributed by atoms with E-state index in [4.69, 9.17) is 4.74 Å². The van der Waals surface area contributed by atoms with Crippen molar-refractivity contribution in [1.29, 1.82) is 0 Å². The van der Waals surface area contributed by atoms with Crippen molar-refractivity contribution in [3.05, 3.63) is 29.8 Å². The number of hydrogen-bond donors (Lipinski definition) is 2. The highest BCUT2D eigenvalue weighted by Gasteiger charge is 2.23. The number of hydrogen-bond acceptors (Lipinski definition) is 4. The number of para-hydroxylation sites is 1. The largest absolute Gasteiger partial charge is 0.385 e. The summed E-state index contributed by atoms with van der Waals surface area (Å²) in [5.41, 5.74) is 2.34. The van der Waals surface area contributed by atoms with Crippen LogP contribution in [0.5, 0.6) is 0 Å². The molecule has 1 aromatic rings. The number of nitrogens with one attached hydrogen (secondary N) is 2. The average molecular weight is 531 g/mol. The van der Waals surface area contributed by atoms with Crippen molar-refractivity contribution in [1.82, 2.24) is 15.5 Å². The third-order valence-corrected chi connectivity index (χ3v) is 5.03. The molecular formula is C22H38IN5O2. The minimum Gasteiger partial charge on any atom is -0.385 e. The van der Waals surface area contributed by atoms with Crippen LogP contribution < -0.4 is 15.5 Å². The second kappa shape index (κ2) is 15.4. The minimum atomic E-state index is 0. The maximum Gasteiger partial charge on any atom is 0.227 e. The van der Waals surface area contributed by atoms with E-state index in [1.165, 1.54) is 5.56 Å². The summed E-state index contributed by atoms with van der Waals surface area (Å²) in [6.07, 6.45) is 3.27. The van der Waals surface area contributed by atoms with E-state index in [0.29, 0.717) is 13.0 Å². The summed E-state index contributed by atoms with van der Waals surface area (Å²) in [6, 6.07) is 8.18. The van der Waals surface area contributed by atoms with Crippen molar-refractivity contribution in [3.8, 4) is 0 Å². The van der Waals surface area contributed by atoms with E-state index in [1.54, 1.807) is 7.11 Å². The first kappa shape index (κ1) is 26.6. The molecule has 0 spiro atoms. The summed E-state index contributed by atoms with van der Waals surface area (Å²) >= 11 is 0. The molecule has 2 rings (SSSR count). The van der Waals surface area contributed by atoms with Crippen LogP contribution in [-0.4, -0.2) is 76.8 Å². The number of methoxy groups -OCH3 is 1. The number of ether oxygens (including phenoxy) is 1. The lowest BCUT2D eigenvalue weighted by Gasteiger charge is -2.18. The number of likely N-dealkylation sites (N-methyl/N-ethyl adjacent to an activating group) is 1. The first-order valence-electron chi connectivity index (χ1n) is 10.7. The predicted octanol–water partition coefficient (Wildman–Crippen LogP) is 2.50. The van der Waals surface area contributed by atoms with Crippen LogP contribution in [0.4, 0.5) is 5.69 Å². The number of carbonyl (C=O) groups excluding carboxylic acids is 1. The van der Waals surface area contributed by atoms with Crippen LogP contribution >= 0.6 is 24.0 Å². The van der Waals surface area contributed by atoms with E-state index >= 15 is 0 Å². The normalized spacial score (nSPS) is 13.2. The Morgan fingerprint density at radius 2 is 2.03 bits per heavy atom. The quantitative estimate of drug-likeness (QED) is 0.188. The Morgan fingerprint density at radius 1 is 1.23 bits per heavy atom. The molecule has 0 fully saturated rings. The maximum atomic E-state index is 12.6. The van der Waals surface area contributed by atoms with Crippen LogP contribution in [0.3, 0.4) is 0 Å². The van der Waals surface area contributed by atoms with Crippen molar-refractivity contribution in [2.45, 2.75) is 32.6 Å². The molecule has 1 heterocycles. The number of rotatable bonds is 12. The molecule has 0 unspecified atom stereocenters. The molecule has 0 aliphatic carbocycles. The average Bonchev–Trinajstić information content (AvgIpc) is 3.15. The number of guanidine groups is 1. The van der Waals surface area contributed by atoms with Crippen LogP contribution in [0.15, 0.2) is 29.3 Å². The molecule has 0 aromatic heterocycles.